The third kappa shape index (κ3) is 3.61. The molecule has 0 aliphatic heterocycles. The molecule has 0 fully saturated rings. The number of nitrogens with one attached hydrogen (secondary N) is 1. The molecule has 0 radical (unpaired) electrons. The van der Waals surface area contributed by atoms with E-state index in [-0.39, 0.29) is 6.07 Å². The summed E-state index contributed by atoms with van der Waals surface area (Å²) < 4.78 is 58.0. The first-order chi connectivity index (χ1) is 10.8. The fraction of sp³-hybridized carbons (Fsp3) is 0.188. The van der Waals surface area contributed by atoms with Crippen molar-refractivity contribution in [1.82, 2.24) is 0 Å². The number of para-hydroxylation sites is 1. The lowest BCUT2D eigenvalue weighted by molar-refractivity contribution is -0.122. The number of rotatable bonds is 4. The number of carbonyl (C=O) groups excluding carboxylic acids is 1. The highest BCUT2D eigenvalue weighted by atomic mass is 19.2. The molecule has 0 unspecified atom stereocenters. The van der Waals surface area contributed by atoms with Crippen LogP contribution in [0.1, 0.15) is 12.5 Å². The van der Waals surface area contributed by atoms with E-state index in [2.05, 4.69) is 5.32 Å². The third-order valence-corrected chi connectivity index (χ3v) is 3.14. The number of aryl methyl sites for hydroxylation is 1. The Hall–Kier alpha value is -2.57. The second kappa shape index (κ2) is 6.68. The number of anilines is 1. The van der Waals surface area contributed by atoms with E-state index in [9.17, 15) is 22.4 Å². The van der Waals surface area contributed by atoms with Crippen molar-refractivity contribution in [3.63, 3.8) is 0 Å². The van der Waals surface area contributed by atoms with Gasteiger partial charge in [0.15, 0.2) is 23.5 Å². The van der Waals surface area contributed by atoms with E-state index < -0.39 is 41.0 Å². The molecule has 0 spiro atoms. The van der Waals surface area contributed by atoms with Gasteiger partial charge in [0.05, 0.1) is 0 Å². The Balaban J connectivity index is 2.18. The average molecular weight is 327 g/mol. The van der Waals surface area contributed by atoms with E-state index in [0.717, 1.165) is 5.56 Å². The standard InChI is InChI=1S/C16H13F4NO2/c1-8-5-3-4-6-12(8)21-16(22)9(2)23-15-13(19)10(17)7-11(18)14(15)20/h3-7,9H,1-2H3,(H,21,22)/t9-/m0/s1. The molecule has 2 rings (SSSR count). The molecule has 23 heavy (non-hydrogen) atoms. The molecule has 0 heterocycles. The summed E-state index contributed by atoms with van der Waals surface area (Å²) in [6.45, 7) is 2.96. The van der Waals surface area contributed by atoms with E-state index in [4.69, 9.17) is 4.74 Å². The second-order valence-corrected chi connectivity index (χ2v) is 4.86. The van der Waals surface area contributed by atoms with Gasteiger partial charge in [-0.05, 0) is 25.5 Å². The molecule has 1 atom stereocenters. The Bertz CT molecular complexity index is 723. The number of benzene rings is 2. The first kappa shape index (κ1) is 16.8. The van der Waals surface area contributed by atoms with Crippen molar-refractivity contribution in [1.29, 1.82) is 0 Å². The molecule has 0 aliphatic rings. The number of amides is 1. The van der Waals surface area contributed by atoms with Crippen molar-refractivity contribution in [3.8, 4) is 5.75 Å². The van der Waals surface area contributed by atoms with Gasteiger partial charge < -0.3 is 10.1 Å². The molecule has 1 N–H and O–H groups in total. The molecular formula is C16H13F4NO2. The SMILES string of the molecule is Cc1ccccc1NC(=O)[C@H](C)Oc1c(F)c(F)cc(F)c1F. The second-order valence-electron chi connectivity index (χ2n) is 4.86. The number of hydrogen-bond acceptors (Lipinski definition) is 2. The normalized spacial score (nSPS) is 11.9. The maximum absolute atomic E-state index is 13.5. The van der Waals surface area contributed by atoms with Gasteiger partial charge in [0.1, 0.15) is 0 Å². The Labute approximate surface area is 129 Å². The van der Waals surface area contributed by atoms with Crippen LogP contribution in [-0.2, 0) is 4.79 Å². The molecule has 0 aromatic heterocycles. The minimum atomic E-state index is -1.69. The Morgan fingerprint density at radius 2 is 1.65 bits per heavy atom. The third-order valence-electron chi connectivity index (χ3n) is 3.14. The predicted molar refractivity (Wildman–Crippen MR) is 76.2 cm³/mol. The zero-order chi connectivity index (χ0) is 17.1. The lowest BCUT2D eigenvalue weighted by atomic mass is 10.2. The van der Waals surface area contributed by atoms with Crippen LogP contribution in [-0.4, -0.2) is 12.0 Å². The molecule has 0 aliphatic carbocycles. The van der Waals surface area contributed by atoms with Crippen molar-refractivity contribution in [2.24, 2.45) is 0 Å². The molecule has 7 heteroatoms. The van der Waals surface area contributed by atoms with E-state index >= 15 is 0 Å². The Morgan fingerprint density at radius 1 is 1.09 bits per heavy atom. The molecule has 122 valence electrons. The van der Waals surface area contributed by atoms with Gasteiger partial charge >= 0.3 is 0 Å². The smallest absolute Gasteiger partial charge is 0.265 e. The summed E-state index contributed by atoms with van der Waals surface area (Å²) in [7, 11) is 0. The molecule has 2 aromatic carbocycles. The zero-order valence-corrected chi connectivity index (χ0v) is 12.3. The maximum Gasteiger partial charge on any atom is 0.265 e. The van der Waals surface area contributed by atoms with Crippen LogP contribution in [0.5, 0.6) is 5.75 Å². The predicted octanol–water partition coefficient (Wildman–Crippen LogP) is 3.96. The van der Waals surface area contributed by atoms with E-state index in [1.165, 1.54) is 6.92 Å². The summed E-state index contributed by atoms with van der Waals surface area (Å²) in [4.78, 5) is 12.0. The van der Waals surface area contributed by atoms with E-state index in [1.807, 2.05) is 0 Å². The van der Waals surface area contributed by atoms with Gasteiger partial charge in [0.2, 0.25) is 11.6 Å². The van der Waals surface area contributed by atoms with Gasteiger partial charge in [0.25, 0.3) is 5.91 Å². The molecular weight excluding hydrogens is 314 g/mol. The number of carbonyl (C=O) groups is 1. The quantitative estimate of drug-likeness (QED) is 0.682. The van der Waals surface area contributed by atoms with Crippen molar-refractivity contribution in [2.75, 3.05) is 5.32 Å². The van der Waals surface area contributed by atoms with Crippen molar-refractivity contribution < 1.29 is 27.1 Å². The van der Waals surface area contributed by atoms with E-state index in [0.29, 0.717) is 5.69 Å². The molecule has 0 saturated carbocycles. The summed E-state index contributed by atoms with van der Waals surface area (Å²) in [5.74, 6) is -8.59. The Kier molecular flexibility index (Phi) is 4.88. The lowest BCUT2D eigenvalue weighted by Gasteiger charge is -2.16. The van der Waals surface area contributed by atoms with Crippen LogP contribution in [0, 0.1) is 30.2 Å². The Morgan fingerprint density at radius 3 is 2.22 bits per heavy atom. The van der Waals surface area contributed by atoms with Gasteiger partial charge in [-0.2, -0.15) is 8.78 Å². The first-order valence-electron chi connectivity index (χ1n) is 6.67. The highest BCUT2D eigenvalue weighted by molar-refractivity contribution is 5.94. The molecule has 2 aromatic rings. The summed E-state index contributed by atoms with van der Waals surface area (Å²) in [6.07, 6.45) is -1.38. The monoisotopic (exact) mass is 327 g/mol. The number of ether oxygens (including phenoxy) is 1. The van der Waals surface area contributed by atoms with Crippen molar-refractivity contribution >= 4 is 11.6 Å². The number of hydrogen-bond donors (Lipinski definition) is 1. The van der Waals surface area contributed by atoms with Crippen LogP contribution >= 0.6 is 0 Å². The lowest BCUT2D eigenvalue weighted by Crippen LogP contribution is -2.31. The van der Waals surface area contributed by atoms with Crippen LogP contribution in [0.3, 0.4) is 0 Å². The van der Waals surface area contributed by atoms with Gasteiger partial charge in [-0.15, -0.1) is 0 Å². The average Bonchev–Trinajstić information content (AvgIpc) is 2.51. The fourth-order valence-corrected chi connectivity index (χ4v) is 1.83. The maximum atomic E-state index is 13.5. The highest BCUT2D eigenvalue weighted by Crippen LogP contribution is 2.27. The number of halogens is 4. The summed E-state index contributed by atoms with van der Waals surface area (Å²) in [6, 6.07) is 6.90. The van der Waals surface area contributed by atoms with Crippen LogP contribution in [0.15, 0.2) is 30.3 Å². The van der Waals surface area contributed by atoms with Gasteiger partial charge in [0, 0.05) is 11.8 Å². The summed E-state index contributed by atoms with van der Waals surface area (Å²) in [5.41, 5.74) is 1.25. The first-order valence-corrected chi connectivity index (χ1v) is 6.67. The van der Waals surface area contributed by atoms with Crippen molar-refractivity contribution in [3.05, 3.63) is 59.2 Å². The summed E-state index contributed by atoms with van der Waals surface area (Å²) >= 11 is 0. The van der Waals surface area contributed by atoms with Crippen molar-refractivity contribution in [2.45, 2.75) is 20.0 Å². The summed E-state index contributed by atoms with van der Waals surface area (Å²) in [5, 5.41) is 2.50. The fourth-order valence-electron chi connectivity index (χ4n) is 1.83. The molecule has 1 amide bonds. The van der Waals surface area contributed by atoms with Gasteiger partial charge in [-0.25, -0.2) is 8.78 Å². The highest BCUT2D eigenvalue weighted by Gasteiger charge is 2.25. The minimum absolute atomic E-state index is 0.0651. The zero-order valence-electron chi connectivity index (χ0n) is 12.3. The van der Waals surface area contributed by atoms with Gasteiger partial charge in [-0.3, -0.25) is 4.79 Å². The van der Waals surface area contributed by atoms with E-state index in [1.54, 1.807) is 31.2 Å². The minimum Gasteiger partial charge on any atom is -0.475 e. The van der Waals surface area contributed by atoms with Crippen LogP contribution in [0.4, 0.5) is 23.2 Å². The van der Waals surface area contributed by atoms with Gasteiger partial charge in [-0.1, -0.05) is 18.2 Å². The molecule has 3 nitrogen and oxygen atoms in total. The van der Waals surface area contributed by atoms with Crippen LogP contribution < -0.4 is 10.1 Å². The topological polar surface area (TPSA) is 38.3 Å². The van der Waals surface area contributed by atoms with Crippen LogP contribution in [0.2, 0.25) is 0 Å². The molecule has 0 saturated heterocycles. The largest absolute Gasteiger partial charge is 0.475 e. The van der Waals surface area contributed by atoms with Crippen LogP contribution in [0.25, 0.3) is 0 Å². The molecule has 0 bridgehead atoms.